The van der Waals surface area contributed by atoms with Crippen molar-refractivity contribution in [3.05, 3.63) is 52.5 Å². The van der Waals surface area contributed by atoms with Gasteiger partial charge >= 0.3 is 5.91 Å². The van der Waals surface area contributed by atoms with E-state index in [9.17, 15) is 4.79 Å². The normalized spacial score (nSPS) is 10.8. The minimum atomic E-state index is -0.0925. The van der Waals surface area contributed by atoms with Gasteiger partial charge in [-0.15, -0.1) is 11.3 Å². The average molecular weight is 339 g/mol. The van der Waals surface area contributed by atoms with Crippen LogP contribution in [0.5, 0.6) is 0 Å². The van der Waals surface area contributed by atoms with E-state index in [0.29, 0.717) is 10.4 Å². The number of amides is 1. The number of primary amides is 1. The van der Waals surface area contributed by atoms with Crippen LogP contribution in [0.25, 0.3) is 10.2 Å². The van der Waals surface area contributed by atoms with Crippen molar-refractivity contribution in [3.8, 4) is 0 Å². The van der Waals surface area contributed by atoms with Crippen LogP contribution in [0.4, 0.5) is 11.4 Å². The Morgan fingerprint density at radius 3 is 2.58 bits per heavy atom. The van der Waals surface area contributed by atoms with E-state index in [-0.39, 0.29) is 5.91 Å². The first-order valence-corrected chi connectivity index (χ1v) is 8.38. The standard InChI is InChI=1S/C18H18N4OS/c1-11-4-6-12(7-5-11)21-17(23)16-13(10-19)15-14(22(2)3)8-9-20-18(15)24-16/h4-10,19H,1-3H3,(H,21,23)/p+1. The second-order valence-corrected chi connectivity index (χ2v) is 6.81. The van der Waals surface area contributed by atoms with E-state index < -0.39 is 0 Å². The molecule has 24 heavy (non-hydrogen) atoms. The molecule has 0 unspecified atom stereocenters. The van der Waals surface area contributed by atoms with E-state index in [1.165, 1.54) is 17.6 Å². The number of hydrogen-bond donors (Lipinski definition) is 2. The van der Waals surface area contributed by atoms with E-state index in [2.05, 4.69) is 4.98 Å². The maximum Gasteiger partial charge on any atom is 0.358 e. The maximum absolute atomic E-state index is 12.7. The third-order valence-corrected chi connectivity index (χ3v) is 4.96. The van der Waals surface area contributed by atoms with Gasteiger partial charge in [-0.25, -0.2) is 15.1 Å². The van der Waals surface area contributed by atoms with E-state index in [1.54, 1.807) is 11.5 Å². The van der Waals surface area contributed by atoms with Gasteiger partial charge in [-0.05, 0) is 25.1 Å². The van der Waals surface area contributed by atoms with E-state index >= 15 is 0 Å². The Bertz CT molecular complexity index is 913. The number of carbonyl (C=O) groups is 1. The molecule has 2 heterocycles. The van der Waals surface area contributed by atoms with Crippen LogP contribution in [0.15, 0.2) is 36.5 Å². The molecular formula is C18H19N4OS+. The molecule has 0 spiro atoms. The fourth-order valence-corrected chi connectivity index (χ4v) is 3.66. The first-order valence-electron chi connectivity index (χ1n) is 7.56. The molecular weight excluding hydrogens is 320 g/mol. The second-order valence-electron chi connectivity index (χ2n) is 5.81. The molecule has 0 bridgehead atoms. The zero-order chi connectivity index (χ0) is 17.3. The lowest BCUT2D eigenvalue weighted by molar-refractivity contribution is -0.463. The summed E-state index contributed by atoms with van der Waals surface area (Å²) in [4.78, 5) is 20.4. The Balaban J connectivity index is 2.05. The SMILES string of the molecule is Cc1ccc([NH2+]C(=O)c2sc3nccc(N(C)C)c3c2C=N)cc1. The quantitative estimate of drug-likeness (QED) is 0.567. The van der Waals surface area contributed by atoms with Gasteiger partial charge in [0.15, 0.2) is 0 Å². The van der Waals surface area contributed by atoms with Crippen molar-refractivity contribution in [2.45, 2.75) is 6.92 Å². The highest BCUT2D eigenvalue weighted by Crippen LogP contribution is 2.34. The lowest BCUT2D eigenvalue weighted by Gasteiger charge is -2.13. The number of nitrogens with one attached hydrogen (secondary N) is 1. The third kappa shape index (κ3) is 2.93. The Kier molecular flexibility index (Phi) is 4.42. The van der Waals surface area contributed by atoms with Crippen molar-refractivity contribution < 1.29 is 10.1 Å². The number of aromatic nitrogens is 1. The fraction of sp³-hybridized carbons (Fsp3) is 0.167. The molecule has 0 atom stereocenters. The summed E-state index contributed by atoms with van der Waals surface area (Å²) in [5.74, 6) is -0.0925. The van der Waals surface area contributed by atoms with Gasteiger partial charge in [-0.2, -0.15) is 0 Å². The first-order chi connectivity index (χ1) is 11.5. The van der Waals surface area contributed by atoms with E-state index in [1.807, 2.05) is 56.3 Å². The molecule has 2 aromatic heterocycles. The number of rotatable bonds is 4. The Hall–Kier alpha value is -2.57. The van der Waals surface area contributed by atoms with Crippen molar-refractivity contribution in [2.24, 2.45) is 0 Å². The number of pyridine rings is 1. The summed E-state index contributed by atoms with van der Waals surface area (Å²) in [6.07, 6.45) is 2.99. The molecule has 1 aromatic carbocycles. The third-order valence-electron chi connectivity index (χ3n) is 3.83. The van der Waals surface area contributed by atoms with Crippen LogP contribution in [0.1, 0.15) is 20.8 Å². The van der Waals surface area contributed by atoms with Crippen LogP contribution in [-0.4, -0.2) is 31.2 Å². The predicted octanol–water partition coefficient (Wildman–Crippen LogP) is 2.70. The minimum absolute atomic E-state index is 0.0925. The van der Waals surface area contributed by atoms with Gasteiger partial charge in [0, 0.05) is 43.1 Å². The number of benzene rings is 1. The van der Waals surface area contributed by atoms with Gasteiger partial charge in [0.25, 0.3) is 0 Å². The van der Waals surface area contributed by atoms with Crippen molar-refractivity contribution in [2.75, 3.05) is 19.0 Å². The minimum Gasteiger partial charge on any atom is -0.377 e. The highest BCUT2D eigenvalue weighted by Gasteiger charge is 2.23. The zero-order valence-electron chi connectivity index (χ0n) is 13.8. The first kappa shape index (κ1) is 16.3. The van der Waals surface area contributed by atoms with Crippen LogP contribution < -0.4 is 10.2 Å². The highest BCUT2D eigenvalue weighted by molar-refractivity contribution is 7.20. The molecule has 3 aromatic rings. The molecule has 0 aliphatic rings. The number of carbonyl (C=O) groups excluding carboxylic acids is 1. The van der Waals surface area contributed by atoms with E-state index in [4.69, 9.17) is 5.41 Å². The van der Waals surface area contributed by atoms with Crippen molar-refractivity contribution >= 4 is 45.0 Å². The number of nitrogens with two attached hydrogens (primary N) is 1. The van der Waals surface area contributed by atoms with E-state index in [0.717, 1.165) is 27.2 Å². The molecule has 5 nitrogen and oxygen atoms in total. The summed E-state index contributed by atoms with van der Waals surface area (Å²) in [5.41, 5.74) is 3.62. The van der Waals surface area contributed by atoms with Crippen LogP contribution in [0.2, 0.25) is 0 Å². The summed E-state index contributed by atoms with van der Waals surface area (Å²) in [6.45, 7) is 2.01. The van der Waals surface area contributed by atoms with Crippen LogP contribution in [-0.2, 0) is 0 Å². The summed E-state index contributed by atoms with van der Waals surface area (Å²) >= 11 is 1.34. The Morgan fingerprint density at radius 1 is 1.25 bits per heavy atom. The molecule has 122 valence electrons. The van der Waals surface area contributed by atoms with Gasteiger partial charge in [0.05, 0.1) is 0 Å². The second kappa shape index (κ2) is 6.51. The summed E-state index contributed by atoms with van der Waals surface area (Å²) < 4.78 is 0. The summed E-state index contributed by atoms with van der Waals surface area (Å²) in [6, 6.07) is 9.71. The van der Waals surface area contributed by atoms with Crippen molar-refractivity contribution in [1.29, 1.82) is 5.41 Å². The zero-order valence-corrected chi connectivity index (χ0v) is 14.6. The highest BCUT2D eigenvalue weighted by atomic mass is 32.1. The predicted molar refractivity (Wildman–Crippen MR) is 98.9 cm³/mol. The lowest BCUT2D eigenvalue weighted by atomic mass is 10.1. The molecule has 3 N–H and O–H groups in total. The molecule has 0 aliphatic heterocycles. The molecule has 0 fully saturated rings. The number of thiophene rings is 1. The Morgan fingerprint density at radius 2 is 1.96 bits per heavy atom. The lowest BCUT2D eigenvalue weighted by Crippen LogP contribution is -2.82. The van der Waals surface area contributed by atoms with Crippen LogP contribution >= 0.6 is 11.3 Å². The maximum atomic E-state index is 12.7. The topological polar surface area (TPSA) is 73.7 Å². The largest absolute Gasteiger partial charge is 0.377 e. The van der Waals surface area contributed by atoms with Crippen LogP contribution in [0.3, 0.4) is 0 Å². The molecule has 3 rings (SSSR count). The molecule has 0 aliphatic carbocycles. The molecule has 0 saturated heterocycles. The average Bonchev–Trinajstić information content (AvgIpc) is 2.95. The Labute approximate surface area is 144 Å². The summed E-state index contributed by atoms with van der Waals surface area (Å²) in [5, 5.41) is 10.3. The monoisotopic (exact) mass is 339 g/mol. The number of fused-ring (bicyclic) bond motifs is 1. The fourth-order valence-electron chi connectivity index (χ4n) is 2.60. The molecule has 0 radical (unpaired) electrons. The molecule has 1 amide bonds. The smallest absolute Gasteiger partial charge is 0.358 e. The molecule has 6 heteroatoms. The van der Waals surface area contributed by atoms with Crippen LogP contribution in [0, 0.1) is 12.3 Å². The van der Waals surface area contributed by atoms with Gasteiger partial charge in [-0.1, -0.05) is 17.7 Å². The van der Waals surface area contributed by atoms with Crippen molar-refractivity contribution in [1.82, 2.24) is 4.98 Å². The van der Waals surface area contributed by atoms with Gasteiger partial charge in [0.2, 0.25) is 0 Å². The molecule has 0 saturated carbocycles. The number of anilines is 1. The number of quaternary nitrogens is 1. The van der Waals surface area contributed by atoms with Crippen molar-refractivity contribution in [3.63, 3.8) is 0 Å². The number of nitrogens with zero attached hydrogens (tertiary/aromatic N) is 2. The summed E-state index contributed by atoms with van der Waals surface area (Å²) in [7, 11) is 3.89. The van der Waals surface area contributed by atoms with Gasteiger partial charge in [0.1, 0.15) is 15.4 Å². The number of hydrogen-bond acceptors (Lipinski definition) is 5. The number of aryl methyl sites for hydroxylation is 1. The van der Waals surface area contributed by atoms with Gasteiger partial charge in [-0.3, -0.25) is 0 Å². The van der Waals surface area contributed by atoms with Gasteiger partial charge < -0.3 is 10.3 Å².